The van der Waals surface area contributed by atoms with Gasteiger partial charge < -0.3 is 15.4 Å². The van der Waals surface area contributed by atoms with Crippen LogP contribution in [0.25, 0.3) is 0 Å². The zero-order valence-corrected chi connectivity index (χ0v) is 16.3. The maximum Gasteiger partial charge on any atom is 0.412 e. The van der Waals surface area contributed by atoms with Gasteiger partial charge in [0.15, 0.2) is 0 Å². The minimum atomic E-state index is -0.727. The fourth-order valence-corrected chi connectivity index (χ4v) is 2.47. The molecule has 1 aromatic heterocycles. The summed E-state index contributed by atoms with van der Waals surface area (Å²) in [5.74, 6) is -0.570. The first-order valence-electron chi connectivity index (χ1n) is 8.61. The monoisotopic (exact) mass is 419 g/mol. The van der Waals surface area contributed by atoms with E-state index in [4.69, 9.17) is 21.6 Å². The molecule has 0 saturated carbocycles. The van der Waals surface area contributed by atoms with Gasteiger partial charge in [0.2, 0.25) is 5.91 Å². The summed E-state index contributed by atoms with van der Waals surface area (Å²) < 4.78 is 18.3. The third-order valence-corrected chi connectivity index (χ3v) is 4.17. The third kappa shape index (κ3) is 7.03. The van der Waals surface area contributed by atoms with Crippen molar-refractivity contribution in [2.75, 3.05) is 25.0 Å². The molecule has 0 unspecified atom stereocenters. The van der Waals surface area contributed by atoms with Crippen LogP contribution in [0.2, 0.25) is 5.02 Å². The maximum atomic E-state index is 13.3. The fourth-order valence-electron chi connectivity index (χ4n) is 2.27. The number of anilines is 1. The standard InChI is InChI=1S/C19H19ClFN5O3/c1-12-7-16(25-10-14(12)8-22)26-19(28)29-6-5-24-17(27)11-23-9-13-3-2-4-15(21)18(13)20/h2-4,7,10,23H,5-6,9,11H2,1H3,(H,24,27)(H,25,26,28). The largest absolute Gasteiger partial charge is 0.447 e. The van der Waals surface area contributed by atoms with Crippen molar-refractivity contribution in [2.24, 2.45) is 0 Å². The van der Waals surface area contributed by atoms with Crippen molar-refractivity contribution in [1.82, 2.24) is 15.6 Å². The Kier molecular flexibility index (Phi) is 8.33. The number of carbonyl (C=O) groups excluding carboxylic acids is 2. The average Bonchev–Trinajstić information content (AvgIpc) is 2.69. The number of nitriles is 1. The molecule has 2 aromatic rings. The number of benzene rings is 1. The number of pyridine rings is 1. The van der Waals surface area contributed by atoms with Crippen LogP contribution < -0.4 is 16.0 Å². The van der Waals surface area contributed by atoms with Crippen LogP contribution in [0.3, 0.4) is 0 Å². The van der Waals surface area contributed by atoms with Crippen molar-refractivity contribution in [3.63, 3.8) is 0 Å². The fraction of sp³-hybridized carbons (Fsp3) is 0.263. The van der Waals surface area contributed by atoms with E-state index < -0.39 is 11.9 Å². The number of nitrogens with one attached hydrogen (secondary N) is 3. The van der Waals surface area contributed by atoms with Crippen LogP contribution in [-0.2, 0) is 16.1 Å². The first-order valence-corrected chi connectivity index (χ1v) is 8.99. The van der Waals surface area contributed by atoms with Gasteiger partial charge in [0.05, 0.1) is 23.7 Å². The molecule has 10 heteroatoms. The van der Waals surface area contributed by atoms with Gasteiger partial charge >= 0.3 is 6.09 Å². The number of aromatic nitrogens is 1. The van der Waals surface area contributed by atoms with E-state index in [0.29, 0.717) is 16.7 Å². The van der Waals surface area contributed by atoms with Crippen molar-refractivity contribution in [1.29, 1.82) is 5.26 Å². The topological polar surface area (TPSA) is 116 Å². The normalized spacial score (nSPS) is 10.1. The van der Waals surface area contributed by atoms with Gasteiger partial charge in [-0.15, -0.1) is 0 Å². The molecular formula is C19H19ClFN5O3. The molecule has 0 aliphatic rings. The lowest BCUT2D eigenvalue weighted by molar-refractivity contribution is -0.120. The zero-order chi connectivity index (χ0) is 21.2. The number of amides is 2. The van der Waals surface area contributed by atoms with E-state index >= 15 is 0 Å². The van der Waals surface area contributed by atoms with E-state index in [0.717, 1.165) is 0 Å². The predicted octanol–water partition coefficient (Wildman–Crippen LogP) is 2.51. The quantitative estimate of drug-likeness (QED) is 0.566. The average molecular weight is 420 g/mol. The number of hydrogen-bond donors (Lipinski definition) is 3. The van der Waals surface area contributed by atoms with Gasteiger partial charge in [0.25, 0.3) is 0 Å². The van der Waals surface area contributed by atoms with Gasteiger partial charge in [-0.25, -0.2) is 14.2 Å². The molecule has 0 atom stereocenters. The Bertz CT molecular complexity index is 933. The molecule has 2 rings (SSSR count). The number of carbonyl (C=O) groups is 2. The van der Waals surface area contributed by atoms with E-state index in [2.05, 4.69) is 20.9 Å². The van der Waals surface area contributed by atoms with Gasteiger partial charge in [-0.05, 0) is 30.2 Å². The smallest absolute Gasteiger partial charge is 0.412 e. The molecule has 1 aromatic carbocycles. The minimum Gasteiger partial charge on any atom is -0.447 e. The number of rotatable bonds is 8. The van der Waals surface area contributed by atoms with Gasteiger partial charge in [-0.2, -0.15) is 5.26 Å². The molecule has 1 heterocycles. The van der Waals surface area contributed by atoms with Crippen LogP contribution in [0, 0.1) is 24.1 Å². The van der Waals surface area contributed by atoms with E-state index in [1.54, 1.807) is 19.1 Å². The van der Waals surface area contributed by atoms with Crippen LogP contribution >= 0.6 is 11.6 Å². The van der Waals surface area contributed by atoms with E-state index in [1.807, 2.05) is 6.07 Å². The third-order valence-electron chi connectivity index (χ3n) is 3.75. The summed E-state index contributed by atoms with van der Waals surface area (Å²) in [6.45, 7) is 2.03. The highest BCUT2D eigenvalue weighted by Gasteiger charge is 2.08. The summed E-state index contributed by atoms with van der Waals surface area (Å²) in [6, 6.07) is 7.99. The molecule has 0 fully saturated rings. The number of aryl methyl sites for hydroxylation is 1. The van der Waals surface area contributed by atoms with Crippen molar-refractivity contribution in [3.05, 3.63) is 58.0 Å². The molecule has 2 amide bonds. The van der Waals surface area contributed by atoms with E-state index in [-0.39, 0.29) is 43.0 Å². The van der Waals surface area contributed by atoms with Crippen LogP contribution in [0.5, 0.6) is 0 Å². The van der Waals surface area contributed by atoms with Crippen molar-refractivity contribution < 1.29 is 18.7 Å². The summed E-state index contributed by atoms with van der Waals surface area (Å²) in [4.78, 5) is 27.4. The molecule has 8 nitrogen and oxygen atoms in total. The van der Waals surface area contributed by atoms with Crippen LogP contribution in [0.15, 0.2) is 30.5 Å². The molecule has 0 radical (unpaired) electrons. The second-order valence-electron chi connectivity index (χ2n) is 5.92. The number of ether oxygens (including phenoxy) is 1. The van der Waals surface area contributed by atoms with Crippen LogP contribution in [-0.4, -0.2) is 36.7 Å². The molecule has 152 valence electrons. The Balaban J connectivity index is 1.62. The molecule has 0 bridgehead atoms. The Hall–Kier alpha value is -3.22. The molecule has 0 saturated heterocycles. The SMILES string of the molecule is Cc1cc(NC(=O)OCCNC(=O)CNCc2cccc(F)c2Cl)ncc1C#N. The summed E-state index contributed by atoms with van der Waals surface area (Å²) in [5, 5.41) is 16.7. The number of hydrogen-bond acceptors (Lipinski definition) is 6. The van der Waals surface area contributed by atoms with Crippen molar-refractivity contribution in [2.45, 2.75) is 13.5 Å². The lowest BCUT2D eigenvalue weighted by Gasteiger charge is -2.09. The number of nitrogens with zero attached hydrogens (tertiary/aromatic N) is 2. The first-order chi connectivity index (χ1) is 13.9. The highest BCUT2D eigenvalue weighted by atomic mass is 35.5. The molecular weight excluding hydrogens is 401 g/mol. The minimum absolute atomic E-state index is 0.00647. The lowest BCUT2D eigenvalue weighted by Crippen LogP contribution is -2.36. The molecule has 3 N–H and O–H groups in total. The molecule has 0 spiro atoms. The summed E-state index contributed by atoms with van der Waals surface area (Å²) in [6.07, 6.45) is 0.629. The maximum absolute atomic E-state index is 13.3. The highest BCUT2D eigenvalue weighted by molar-refractivity contribution is 6.31. The second kappa shape index (κ2) is 10.9. The predicted molar refractivity (Wildman–Crippen MR) is 105 cm³/mol. The van der Waals surface area contributed by atoms with Gasteiger partial charge in [0.1, 0.15) is 24.3 Å². The Morgan fingerprint density at radius 2 is 2.17 bits per heavy atom. The summed E-state index contributed by atoms with van der Waals surface area (Å²) in [5.41, 5.74) is 1.64. The number of halogens is 2. The first kappa shape index (κ1) is 22.1. The summed E-state index contributed by atoms with van der Waals surface area (Å²) >= 11 is 5.83. The van der Waals surface area contributed by atoms with Gasteiger partial charge in [-0.1, -0.05) is 23.7 Å². The zero-order valence-electron chi connectivity index (χ0n) is 15.6. The van der Waals surface area contributed by atoms with Crippen molar-refractivity contribution in [3.8, 4) is 6.07 Å². The highest BCUT2D eigenvalue weighted by Crippen LogP contribution is 2.19. The molecule has 29 heavy (non-hydrogen) atoms. The Morgan fingerprint density at radius 3 is 2.90 bits per heavy atom. The van der Waals surface area contributed by atoms with Gasteiger partial charge in [-0.3, -0.25) is 10.1 Å². The molecule has 0 aliphatic carbocycles. The van der Waals surface area contributed by atoms with Crippen LogP contribution in [0.1, 0.15) is 16.7 Å². The summed E-state index contributed by atoms with van der Waals surface area (Å²) in [7, 11) is 0. The Labute approximate surface area is 172 Å². The van der Waals surface area contributed by atoms with E-state index in [9.17, 15) is 14.0 Å². The second-order valence-corrected chi connectivity index (χ2v) is 6.30. The van der Waals surface area contributed by atoms with Crippen LogP contribution in [0.4, 0.5) is 15.0 Å². The van der Waals surface area contributed by atoms with E-state index in [1.165, 1.54) is 18.3 Å². The van der Waals surface area contributed by atoms with Gasteiger partial charge in [0, 0.05) is 12.7 Å². The lowest BCUT2D eigenvalue weighted by atomic mass is 10.2. The molecule has 0 aliphatic heterocycles. The van der Waals surface area contributed by atoms with Crippen molar-refractivity contribution >= 4 is 29.4 Å². The Morgan fingerprint density at radius 1 is 1.38 bits per heavy atom.